The van der Waals surface area contributed by atoms with Crippen molar-refractivity contribution in [2.75, 3.05) is 16.8 Å². The van der Waals surface area contributed by atoms with Gasteiger partial charge >= 0.3 is 0 Å². The highest BCUT2D eigenvalue weighted by molar-refractivity contribution is 6.01. The molecule has 2 unspecified atom stereocenters. The van der Waals surface area contributed by atoms with Gasteiger partial charge in [0.25, 0.3) is 0 Å². The van der Waals surface area contributed by atoms with Crippen LogP contribution in [0.1, 0.15) is 20.3 Å². The fraction of sp³-hybridized carbons (Fsp3) is 0.353. The maximum atomic E-state index is 12.7. The van der Waals surface area contributed by atoms with Gasteiger partial charge in [-0.2, -0.15) is 0 Å². The number of para-hydroxylation sites is 1. The van der Waals surface area contributed by atoms with Gasteiger partial charge in [-0.1, -0.05) is 18.2 Å². The van der Waals surface area contributed by atoms with Gasteiger partial charge in [0.2, 0.25) is 11.8 Å². The van der Waals surface area contributed by atoms with Crippen LogP contribution in [0.5, 0.6) is 5.88 Å². The maximum absolute atomic E-state index is 12.7. The third-order valence-corrected chi connectivity index (χ3v) is 3.84. The SMILES string of the molecule is CCOc1cc(NC2CC(C)N(c3ccccc3)C2=O)ncn1. The standard InChI is InChI=1S/C17H20N4O2/c1-3-23-16-10-15(18-11-19-16)20-14-9-12(2)21(17(14)22)13-7-5-4-6-8-13/h4-8,10-12,14H,3,9H2,1-2H3,(H,18,19,20). The van der Waals surface area contributed by atoms with Gasteiger partial charge in [-0.05, 0) is 32.4 Å². The van der Waals surface area contributed by atoms with Crippen LogP contribution in [-0.2, 0) is 4.79 Å². The number of aromatic nitrogens is 2. The van der Waals surface area contributed by atoms with Crippen LogP contribution in [0.2, 0.25) is 0 Å². The quantitative estimate of drug-likeness (QED) is 0.918. The molecule has 1 saturated heterocycles. The van der Waals surface area contributed by atoms with Crippen LogP contribution >= 0.6 is 0 Å². The van der Waals surface area contributed by atoms with E-state index >= 15 is 0 Å². The summed E-state index contributed by atoms with van der Waals surface area (Å²) in [4.78, 5) is 22.8. The lowest BCUT2D eigenvalue weighted by atomic mass is 10.2. The lowest BCUT2D eigenvalue weighted by Gasteiger charge is -2.21. The second-order valence-electron chi connectivity index (χ2n) is 5.50. The van der Waals surface area contributed by atoms with E-state index < -0.39 is 0 Å². The zero-order valence-corrected chi connectivity index (χ0v) is 13.3. The first kappa shape index (κ1) is 15.3. The molecule has 0 aliphatic carbocycles. The van der Waals surface area contributed by atoms with Crippen LogP contribution < -0.4 is 15.0 Å². The molecule has 2 heterocycles. The van der Waals surface area contributed by atoms with Crippen molar-refractivity contribution in [3.8, 4) is 5.88 Å². The number of nitrogens with one attached hydrogen (secondary N) is 1. The number of nitrogens with zero attached hydrogens (tertiary/aromatic N) is 3. The van der Waals surface area contributed by atoms with E-state index in [1.165, 1.54) is 6.33 Å². The molecule has 6 nitrogen and oxygen atoms in total. The highest BCUT2D eigenvalue weighted by Crippen LogP contribution is 2.28. The molecule has 1 aromatic heterocycles. The van der Waals surface area contributed by atoms with Gasteiger partial charge in [0.15, 0.2) is 0 Å². The first-order valence-corrected chi connectivity index (χ1v) is 7.78. The Bertz CT molecular complexity index is 677. The Balaban J connectivity index is 1.75. The molecule has 1 fully saturated rings. The molecule has 3 rings (SSSR count). The molecule has 1 aromatic carbocycles. The van der Waals surface area contributed by atoms with Gasteiger partial charge in [-0.3, -0.25) is 4.79 Å². The fourth-order valence-corrected chi connectivity index (χ4v) is 2.85. The molecule has 1 N–H and O–H groups in total. The summed E-state index contributed by atoms with van der Waals surface area (Å²) in [5.41, 5.74) is 0.923. The number of carbonyl (C=O) groups excluding carboxylic acids is 1. The van der Waals surface area contributed by atoms with E-state index in [2.05, 4.69) is 22.2 Å². The number of amides is 1. The molecule has 0 radical (unpaired) electrons. The van der Waals surface area contributed by atoms with Gasteiger partial charge < -0.3 is 15.0 Å². The molecule has 1 aliphatic rings. The molecule has 120 valence electrons. The normalized spacial score (nSPS) is 20.6. The van der Waals surface area contributed by atoms with Crippen molar-refractivity contribution in [3.63, 3.8) is 0 Å². The number of anilines is 2. The second kappa shape index (κ2) is 6.64. The largest absolute Gasteiger partial charge is 0.478 e. The molecule has 1 aliphatic heterocycles. The Morgan fingerprint density at radius 1 is 1.30 bits per heavy atom. The molecule has 2 atom stereocenters. The number of rotatable bonds is 5. The molecule has 1 amide bonds. The van der Waals surface area contributed by atoms with Crippen LogP contribution in [0, 0.1) is 0 Å². The number of carbonyl (C=O) groups is 1. The second-order valence-corrected chi connectivity index (χ2v) is 5.50. The number of ether oxygens (including phenoxy) is 1. The van der Waals surface area contributed by atoms with Gasteiger partial charge in [-0.25, -0.2) is 9.97 Å². The molecule has 23 heavy (non-hydrogen) atoms. The van der Waals surface area contributed by atoms with E-state index in [0.717, 1.165) is 12.1 Å². The first-order chi connectivity index (χ1) is 11.2. The van der Waals surface area contributed by atoms with Gasteiger partial charge in [0.05, 0.1) is 6.61 Å². The summed E-state index contributed by atoms with van der Waals surface area (Å²) < 4.78 is 5.36. The van der Waals surface area contributed by atoms with Crippen molar-refractivity contribution in [3.05, 3.63) is 42.7 Å². The van der Waals surface area contributed by atoms with Crippen molar-refractivity contribution in [1.29, 1.82) is 0 Å². The number of hydrogen-bond donors (Lipinski definition) is 1. The lowest BCUT2D eigenvalue weighted by molar-refractivity contribution is -0.117. The summed E-state index contributed by atoms with van der Waals surface area (Å²) in [6.45, 7) is 4.49. The Morgan fingerprint density at radius 3 is 2.83 bits per heavy atom. The van der Waals surface area contributed by atoms with E-state index in [9.17, 15) is 4.79 Å². The summed E-state index contributed by atoms with van der Waals surface area (Å²) in [5, 5.41) is 3.20. The highest BCUT2D eigenvalue weighted by Gasteiger charge is 2.38. The molecule has 0 bridgehead atoms. The molecule has 6 heteroatoms. The van der Waals surface area contributed by atoms with E-state index in [1.807, 2.05) is 42.2 Å². The number of hydrogen-bond acceptors (Lipinski definition) is 5. The minimum absolute atomic E-state index is 0.0558. The molecule has 0 saturated carbocycles. The van der Waals surface area contributed by atoms with Crippen LogP contribution in [-0.4, -0.2) is 34.6 Å². The number of benzene rings is 1. The minimum Gasteiger partial charge on any atom is -0.478 e. The summed E-state index contributed by atoms with van der Waals surface area (Å²) in [7, 11) is 0. The zero-order chi connectivity index (χ0) is 16.2. The Hall–Kier alpha value is -2.63. The smallest absolute Gasteiger partial charge is 0.249 e. The summed E-state index contributed by atoms with van der Waals surface area (Å²) in [6.07, 6.45) is 2.16. The highest BCUT2D eigenvalue weighted by atomic mass is 16.5. The molecular weight excluding hydrogens is 292 g/mol. The first-order valence-electron chi connectivity index (χ1n) is 7.78. The average molecular weight is 312 g/mol. The van der Waals surface area contributed by atoms with Crippen LogP contribution in [0.3, 0.4) is 0 Å². The zero-order valence-electron chi connectivity index (χ0n) is 13.3. The molecular formula is C17H20N4O2. The van der Waals surface area contributed by atoms with Gasteiger partial charge in [0, 0.05) is 17.8 Å². The molecule has 2 aromatic rings. The van der Waals surface area contributed by atoms with E-state index in [1.54, 1.807) is 6.07 Å². The third-order valence-electron chi connectivity index (χ3n) is 3.84. The van der Waals surface area contributed by atoms with Crippen molar-refractivity contribution in [2.24, 2.45) is 0 Å². The lowest BCUT2D eigenvalue weighted by Crippen LogP contribution is -2.35. The maximum Gasteiger partial charge on any atom is 0.249 e. The van der Waals surface area contributed by atoms with Crippen LogP contribution in [0.4, 0.5) is 11.5 Å². The van der Waals surface area contributed by atoms with Gasteiger partial charge in [0.1, 0.15) is 18.2 Å². The third kappa shape index (κ3) is 3.26. The predicted molar refractivity (Wildman–Crippen MR) is 88.6 cm³/mol. The summed E-state index contributed by atoms with van der Waals surface area (Å²) >= 11 is 0. The van der Waals surface area contributed by atoms with Crippen molar-refractivity contribution in [1.82, 2.24) is 9.97 Å². The Kier molecular flexibility index (Phi) is 4.41. The Morgan fingerprint density at radius 2 is 2.09 bits per heavy atom. The topological polar surface area (TPSA) is 67.3 Å². The minimum atomic E-state index is -0.297. The monoisotopic (exact) mass is 312 g/mol. The molecule has 0 spiro atoms. The van der Waals surface area contributed by atoms with E-state index in [4.69, 9.17) is 4.74 Å². The Labute approximate surface area is 135 Å². The van der Waals surface area contributed by atoms with Crippen LogP contribution in [0.25, 0.3) is 0 Å². The predicted octanol–water partition coefficient (Wildman–Crippen LogP) is 2.48. The average Bonchev–Trinajstić information content (AvgIpc) is 2.83. The van der Waals surface area contributed by atoms with Crippen molar-refractivity contribution >= 4 is 17.4 Å². The van der Waals surface area contributed by atoms with Crippen molar-refractivity contribution in [2.45, 2.75) is 32.4 Å². The fourth-order valence-electron chi connectivity index (χ4n) is 2.85. The van der Waals surface area contributed by atoms with E-state index in [-0.39, 0.29) is 18.0 Å². The van der Waals surface area contributed by atoms with Gasteiger partial charge in [-0.15, -0.1) is 0 Å². The van der Waals surface area contributed by atoms with Crippen molar-refractivity contribution < 1.29 is 9.53 Å². The van der Waals surface area contributed by atoms with E-state index in [0.29, 0.717) is 18.3 Å². The summed E-state index contributed by atoms with van der Waals surface area (Å²) in [5.74, 6) is 1.16. The summed E-state index contributed by atoms with van der Waals surface area (Å²) in [6, 6.07) is 11.3. The van der Waals surface area contributed by atoms with Crippen LogP contribution in [0.15, 0.2) is 42.7 Å².